The van der Waals surface area contributed by atoms with Crippen LogP contribution >= 0.6 is 60.9 Å². The monoisotopic (exact) mass is 820 g/mol. The molecule has 0 aliphatic carbocycles. The molecule has 0 bridgehead atoms. The first-order valence-corrected chi connectivity index (χ1v) is 23.2. The number of ether oxygens (including phenoxy) is 1. The van der Waals surface area contributed by atoms with Crippen molar-refractivity contribution >= 4 is 64.7 Å². The summed E-state index contributed by atoms with van der Waals surface area (Å²) in [7, 11) is 1.77. The van der Waals surface area contributed by atoms with Crippen LogP contribution in [0.4, 0.5) is 0 Å². The van der Waals surface area contributed by atoms with Crippen LogP contribution in [0.5, 0.6) is 5.75 Å². The summed E-state index contributed by atoms with van der Waals surface area (Å²) in [6, 6.07) is 28.0. The topological polar surface area (TPSA) is 46.8 Å². The van der Waals surface area contributed by atoms with E-state index in [1.54, 1.807) is 7.11 Å². The summed E-state index contributed by atoms with van der Waals surface area (Å²) in [5.41, 5.74) is 3.40. The van der Waals surface area contributed by atoms with Gasteiger partial charge in [0, 0.05) is 0 Å². The van der Waals surface area contributed by atoms with E-state index in [0.29, 0.717) is 0 Å². The van der Waals surface area contributed by atoms with Gasteiger partial charge in [0.15, 0.2) is 0 Å². The van der Waals surface area contributed by atoms with Crippen LogP contribution in [0.25, 0.3) is 11.1 Å². The third-order valence-corrected chi connectivity index (χ3v) is 29.0. The van der Waals surface area contributed by atoms with Crippen LogP contribution in [0.15, 0.2) is 109 Å². The van der Waals surface area contributed by atoms with E-state index in [9.17, 15) is 0 Å². The van der Waals surface area contributed by atoms with Crippen LogP contribution in [0.2, 0.25) is 0 Å². The maximum absolute atomic E-state index is 5.91. The number of hydrogen-bond donors (Lipinski definition) is 0. The predicted octanol–water partition coefficient (Wildman–Crippen LogP) is 5.50. The Morgan fingerprint density at radius 1 is 0.853 bits per heavy atom. The number of halogens is 3. The third-order valence-electron chi connectivity index (χ3n) is 5.05. The number of hydrogen-bond acceptors (Lipinski definition) is 6. The Labute approximate surface area is 231 Å². The Morgan fingerprint density at radius 3 is 2.50 bits per heavy atom. The Morgan fingerprint density at radius 2 is 1.68 bits per heavy atom. The zero-order valence-electron chi connectivity index (χ0n) is 17.8. The summed E-state index contributed by atoms with van der Waals surface area (Å²) >= 11 is 1.48. The molecule has 2 aliphatic heterocycles. The molecule has 0 N–H and O–H groups in total. The van der Waals surface area contributed by atoms with Crippen LogP contribution in [0.3, 0.4) is 0 Å². The summed E-state index contributed by atoms with van der Waals surface area (Å²) in [6.07, 6.45) is 1.84. The van der Waals surface area contributed by atoms with Gasteiger partial charge in [-0.2, -0.15) is 0 Å². The van der Waals surface area contributed by atoms with Crippen molar-refractivity contribution < 1.29 is 22.0 Å². The molecule has 0 atom stereocenters. The number of pyridine rings is 1. The van der Waals surface area contributed by atoms with E-state index in [-0.39, 0.29) is 38.3 Å². The van der Waals surface area contributed by atoms with Crippen molar-refractivity contribution in [2.24, 2.45) is 4.56 Å². The summed E-state index contributed by atoms with van der Waals surface area (Å²) < 4.78 is 18.5. The predicted molar refractivity (Wildman–Crippen MR) is 153 cm³/mol. The molecule has 1 aromatic heterocycles. The molecule has 3 aromatic carbocycles. The third kappa shape index (κ3) is 4.82. The molecule has 172 valence electrons. The maximum atomic E-state index is 5.91. The standard InChI is InChI=1S/C25H17I3N3OS2/c1-32-20-15-16(26-28-30-25(27-31-28)19-8-4-5-14-29-19)12-13-17(20)18-7-6-11-23-24(18)34-22-10-3-2-9-21(22)33-23/h2-15H,1H3/q-1. The van der Waals surface area contributed by atoms with E-state index in [1.165, 1.54) is 32.4 Å². The molecule has 4 nitrogen and oxygen atoms in total. The molecule has 2 aliphatic rings. The fourth-order valence-corrected chi connectivity index (χ4v) is 28.6. The molecular weight excluding hydrogens is 803 g/mol. The molecule has 0 saturated carbocycles. The Balaban J connectivity index is 1.29. The van der Waals surface area contributed by atoms with Crippen LogP contribution < -0.4 is 22.0 Å². The van der Waals surface area contributed by atoms with E-state index in [0.717, 1.165) is 17.0 Å². The average molecular weight is 820 g/mol. The first kappa shape index (κ1) is 23.4. The minimum atomic E-state index is -1.64. The van der Waals surface area contributed by atoms with Crippen LogP contribution in [-0.2, 0) is 0 Å². The normalized spacial score (nSPS) is 15.3. The van der Waals surface area contributed by atoms with Gasteiger partial charge in [0.25, 0.3) is 0 Å². The van der Waals surface area contributed by atoms with Crippen molar-refractivity contribution in [3.8, 4) is 16.9 Å². The molecule has 6 rings (SSSR count). The number of rotatable bonds is 5. The first-order chi connectivity index (χ1) is 16.8. The molecule has 0 unspecified atom stereocenters. The Hall–Kier alpha value is -1.03. The first-order valence-electron chi connectivity index (χ1n) is 10.3. The van der Waals surface area contributed by atoms with Gasteiger partial charge in [-0.3, -0.25) is 0 Å². The van der Waals surface area contributed by atoms with Crippen LogP contribution in [0.1, 0.15) is 5.69 Å². The van der Waals surface area contributed by atoms with Gasteiger partial charge in [-0.05, 0) is 0 Å². The molecule has 0 fully saturated rings. The molecule has 0 saturated heterocycles. The second kappa shape index (κ2) is 10.5. The molecule has 0 radical (unpaired) electrons. The molecule has 34 heavy (non-hydrogen) atoms. The second-order valence-corrected chi connectivity index (χ2v) is 24.5. The van der Waals surface area contributed by atoms with E-state index < -0.39 is 16.4 Å². The van der Waals surface area contributed by atoms with E-state index in [4.69, 9.17) is 9.30 Å². The van der Waals surface area contributed by atoms with Gasteiger partial charge in [0.2, 0.25) is 0 Å². The van der Waals surface area contributed by atoms with Gasteiger partial charge in [-0.25, -0.2) is 0 Å². The van der Waals surface area contributed by atoms with Gasteiger partial charge in [0.05, 0.1) is 0 Å². The van der Waals surface area contributed by atoms with Gasteiger partial charge in [0.1, 0.15) is 0 Å². The summed E-state index contributed by atoms with van der Waals surface area (Å²) in [4.78, 5) is 9.72. The Bertz CT molecular complexity index is 1450. The van der Waals surface area contributed by atoms with Gasteiger partial charge < -0.3 is 0 Å². The zero-order chi connectivity index (χ0) is 22.9. The number of methoxy groups -OCH3 is 1. The van der Waals surface area contributed by atoms with Gasteiger partial charge in [-0.1, -0.05) is 0 Å². The molecule has 3 heterocycles. The van der Waals surface area contributed by atoms with Crippen molar-refractivity contribution in [1.82, 2.24) is 4.98 Å². The van der Waals surface area contributed by atoms with Crippen molar-refractivity contribution in [3.05, 3.63) is 94.3 Å². The molecule has 0 spiro atoms. The molecule has 0 amide bonds. The quantitative estimate of drug-likeness (QED) is 0.220. The van der Waals surface area contributed by atoms with Crippen molar-refractivity contribution in [2.75, 3.05) is 7.11 Å². The van der Waals surface area contributed by atoms with Crippen LogP contribution in [0, 0.1) is 3.57 Å². The fourth-order valence-electron chi connectivity index (χ4n) is 3.51. The number of nitrogens with zero attached hydrogens (tertiary/aromatic N) is 3. The average Bonchev–Trinajstić information content (AvgIpc) is 3.36. The van der Waals surface area contributed by atoms with Crippen molar-refractivity contribution in [1.29, 1.82) is 0 Å². The van der Waals surface area contributed by atoms with Gasteiger partial charge in [-0.15, -0.1) is 0 Å². The summed E-state index contributed by atoms with van der Waals surface area (Å²) in [6.45, 7) is 0. The SMILES string of the molecule is COc1cc([I-]I2N=IC(c3ccccn3)=N2)ccc1-c1cccc2c1Sc1ccccc1S2. The second-order valence-electron chi connectivity index (χ2n) is 7.14. The fraction of sp³-hybridized carbons (Fsp3) is 0.0400. The van der Waals surface area contributed by atoms with Gasteiger partial charge >= 0.3 is 234 Å². The van der Waals surface area contributed by atoms with Crippen LogP contribution in [-0.4, -0.2) is 15.8 Å². The van der Waals surface area contributed by atoms with E-state index in [2.05, 4.69) is 71.7 Å². The minimum absolute atomic E-state index is 0.234. The molecule has 9 heteroatoms. The number of aromatic nitrogens is 1. The summed E-state index contributed by atoms with van der Waals surface area (Å²) in [5, 5.41) is 0. The number of fused-ring (bicyclic) bond motifs is 2. The van der Waals surface area contributed by atoms with E-state index in [1.807, 2.05) is 41.9 Å². The molecular formula is C25H17I3N3OS2-. The van der Waals surface area contributed by atoms with Crippen molar-refractivity contribution in [3.63, 3.8) is 0 Å². The van der Waals surface area contributed by atoms with E-state index >= 15 is 0 Å². The number of benzene rings is 3. The Kier molecular flexibility index (Phi) is 7.24. The molecule has 4 aromatic rings. The van der Waals surface area contributed by atoms with Crippen molar-refractivity contribution in [2.45, 2.75) is 19.6 Å². The summed E-state index contributed by atoms with van der Waals surface area (Å²) in [5.74, 6) is 0.939. The zero-order valence-corrected chi connectivity index (χ0v) is 25.9.